The molecule has 1 aromatic heterocycles. The number of carbonyl (C=O) groups excluding carboxylic acids is 1. The zero-order chi connectivity index (χ0) is 11.5. The van der Waals surface area contributed by atoms with Crippen LogP contribution in [0.5, 0.6) is 0 Å². The minimum Gasteiger partial charge on any atom is -0.431 e. The van der Waals surface area contributed by atoms with Crippen molar-refractivity contribution in [3.63, 3.8) is 0 Å². The molecule has 5 nitrogen and oxygen atoms in total. The molecule has 3 N–H and O–H groups in total. The Balaban J connectivity index is 2.13. The molecule has 1 heterocycles. The smallest absolute Gasteiger partial charge is 0.292 e. The highest BCUT2D eigenvalue weighted by Gasteiger charge is 2.10. The van der Waals surface area contributed by atoms with Gasteiger partial charge in [-0.25, -0.2) is 0 Å². The number of nitrogen functional groups attached to an aromatic ring is 1. The van der Waals surface area contributed by atoms with Crippen LogP contribution in [0.25, 0.3) is 0 Å². The molecule has 1 aromatic carbocycles. The van der Waals surface area contributed by atoms with Crippen LogP contribution >= 0.6 is 11.6 Å². The highest BCUT2D eigenvalue weighted by Crippen LogP contribution is 2.15. The Morgan fingerprint density at radius 2 is 2.31 bits per heavy atom. The molecule has 0 saturated heterocycles. The van der Waals surface area contributed by atoms with E-state index in [1.165, 1.54) is 6.26 Å². The summed E-state index contributed by atoms with van der Waals surface area (Å²) in [5.41, 5.74) is 5.96. The van der Waals surface area contributed by atoms with Gasteiger partial charge in [0.1, 0.15) is 6.26 Å². The van der Waals surface area contributed by atoms with Crippen LogP contribution in [-0.4, -0.2) is 10.9 Å². The number of halogens is 1. The Bertz CT molecular complexity index is 524. The van der Waals surface area contributed by atoms with Crippen molar-refractivity contribution in [2.24, 2.45) is 0 Å². The molecular weight excluding hydrogens is 230 g/mol. The lowest BCUT2D eigenvalue weighted by Gasteiger charge is -2.02. The Labute approximate surface area is 96.2 Å². The van der Waals surface area contributed by atoms with E-state index >= 15 is 0 Å². The molecule has 0 aliphatic heterocycles. The zero-order valence-electron chi connectivity index (χ0n) is 8.11. The van der Waals surface area contributed by atoms with Crippen molar-refractivity contribution >= 4 is 29.2 Å². The molecular formula is C10H8ClN3O2. The molecule has 0 unspecified atom stereocenters. The molecule has 2 aromatic rings. The fraction of sp³-hybridized carbons (Fsp3) is 0. The second kappa shape index (κ2) is 4.24. The monoisotopic (exact) mass is 237 g/mol. The summed E-state index contributed by atoms with van der Waals surface area (Å²) < 4.78 is 4.73. The first-order chi connectivity index (χ1) is 7.65. The average molecular weight is 238 g/mol. The first kappa shape index (κ1) is 10.5. The number of benzene rings is 1. The molecule has 1 amide bonds. The minimum atomic E-state index is -0.400. The van der Waals surface area contributed by atoms with Crippen molar-refractivity contribution < 1.29 is 9.21 Å². The van der Waals surface area contributed by atoms with E-state index in [4.69, 9.17) is 21.8 Å². The summed E-state index contributed by atoms with van der Waals surface area (Å²) in [4.78, 5) is 15.3. The summed E-state index contributed by atoms with van der Waals surface area (Å²) >= 11 is 5.77. The molecule has 0 aliphatic carbocycles. The van der Waals surface area contributed by atoms with Crippen LogP contribution in [0.15, 0.2) is 34.9 Å². The standard InChI is InChI=1S/C10H8ClN3O2/c11-6-2-1-3-7(4-6)13-9(15)8-5-16-10(12)14-8/h1-5H,(H2,12,14)(H,13,15). The van der Waals surface area contributed by atoms with Crippen LogP contribution < -0.4 is 11.1 Å². The van der Waals surface area contributed by atoms with Gasteiger partial charge in [0.15, 0.2) is 5.69 Å². The molecule has 0 aliphatic rings. The maximum Gasteiger partial charge on any atom is 0.292 e. The van der Waals surface area contributed by atoms with Crippen molar-refractivity contribution in [3.05, 3.63) is 41.2 Å². The van der Waals surface area contributed by atoms with Gasteiger partial charge in [-0.3, -0.25) is 4.79 Å². The molecule has 0 fully saturated rings. The number of carbonyl (C=O) groups is 1. The van der Waals surface area contributed by atoms with Gasteiger partial charge in [0.05, 0.1) is 0 Å². The van der Waals surface area contributed by atoms with Crippen molar-refractivity contribution in [2.45, 2.75) is 0 Å². The second-order valence-corrected chi connectivity index (χ2v) is 3.47. The lowest BCUT2D eigenvalue weighted by molar-refractivity contribution is 0.102. The largest absolute Gasteiger partial charge is 0.431 e. The van der Waals surface area contributed by atoms with Crippen LogP contribution in [0.4, 0.5) is 11.7 Å². The van der Waals surface area contributed by atoms with Crippen molar-refractivity contribution in [1.29, 1.82) is 0 Å². The maximum absolute atomic E-state index is 11.6. The quantitative estimate of drug-likeness (QED) is 0.839. The van der Waals surface area contributed by atoms with Gasteiger partial charge in [0.25, 0.3) is 11.9 Å². The van der Waals surface area contributed by atoms with Gasteiger partial charge < -0.3 is 15.5 Å². The van der Waals surface area contributed by atoms with Crippen molar-refractivity contribution in [1.82, 2.24) is 4.98 Å². The second-order valence-electron chi connectivity index (χ2n) is 3.04. The van der Waals surface area contributed by atoms with Crippen LogP contribution in [0.1, 0.15) is 10.5 Å². The third kappa shape index (κ3) is 2.32. The number of anilines is 2. The van der Waals surface area contributed by atoms with Gasteiger partial charge in [0.2, 0.25) is 0 Å². The molecule has 2 rings (SSSR count). The van der Waals surface area contributed by atoms with Gasteiger partial charge in [-0.05, 0) is 18.2 Å². The fourth-order valence-electron chi connectivity index (χ4n) is 1.15. The first-order valence-electron chi connectivity index (χ1n) is 4.43. The summed E-state index contributed by atoms with van der Waals surface area (Å²) in [5.74, 6) is -0.400. The maximum atomic E-state index is 11.6. The topological polar surface area (TPSA) is 81.1 Å². The summed E-state index contributed by atoms with van der Waals surface area (Å²) in [5, 5.41) is 3.15. The van der Waals surface area contributed by atoms with E-state index in [2.05, 4.69) is 10.3 Å². The summed E-state index contributed by atoms with van der Waals surface area (Å²) in [6, 6.07) is 6.74. The van der Waals surface area contributed by atoms with Crippen molar-refractivity contribution in [2.75, 3.05) is 11.1 Å². The summed E-state index contributed by atoms with van der Waals surface area (Å²) in [6.07, 6.45) is 1.19. The number of nitrogens with two attached hydrogens (primary N) is 1. The molecule has 0 spiro atoms. The molecule has 82 valence electrons. The van der Waals surface area contributed by atoms with Crippen molar-refractivity contribution in [3.8, 4) is 0 Å². The lowest BCUT2D eigenvalue weighted by atomic mass is 10.3. The minimum absolute atomic E-state index is 0.0451. The highest BCUT2D eigenvalue weighted by molar-refractivity contribution is 6.30. The molecule has 16 heavy (non-hydrogen) atoms. The summed E-state index contributed by atoms with van der Waals surface area (Å²) in [6.45, 7) is 0. The van der Waals surface area contributed by atoms with Gasteiger partial charge in [-0.1, -0.05) is 17.7 Å². The molecule has 6 heteroatoms. The van der Waals surface area contributed by atoms with Gasteiger partial charge >= 0.3 is 0 Å². The molecule has 0 radical (unpaired) electrons. The van der Waals surface area contributed by atoms with E-state index in [1.807, 2.05) is 0 Å². The van der Waals surface area contributed by atoms with Gasteiger partial charge in [-0.15, -0.1) is 0 Å². The van der Waals surface area contributed by atoms with E-state index in [0.29, 0.717) is 10.7 Å². The van der Waals surface area contributed by atoms with E-state index < -0.39 is 5.91 Å². The number of hydrogen-bond acceptors (Lipinski definition) is 4. The number of hydrogen-bond donors (Lipinski definition) is 2. The number of amides is 1. The predicted octanol–water partition coefficient (Wildman–Crippen LogP) is 2.16. The Hall–Kier alpha value is -2.01. The lowest BCUT2D eigenvalue weighted by Crippen LogP contribution is -2.12. The van der Waals surface area contributed by atoms with Crippen LogP contribution in [0.3, 0.4) is 0 Å². The molecule has 0 saturated carbocycles. The number of oxazole rings is 1. The SMILES string of the molecule is Nc1nc(C(=O)Nc2cccc(Cl)c2)co1. The van der Waals surface area contributed by atoms with E-state index in [1.54, 1.807) is 24.3 Å². The number of aromatic nitrogens is 1. The average Bonchev–Trinajstić information content (AvgIpc) is 2.65. The third-order valence-corrected chi connectivity index (χ3v) is 2.07. The Morgan fingerprint density at radius 3 is 2.94 bits per heavy atom. The number of nitrogens with zero attached hydrogens (tertiary/aromatic N) is 1. The predicted molar refractivity (Wildman–Crippen MR) is 60.3 cm³/mol. The summed E-state index contributed by atoms with van der Waals surface area (Å²) in [7, 11) is 0. The van der Waals surface area contributed by atoms with Crippen LogP contribution in [0, 0.1) is 0 Å². The number of rotatable bonds is 2. The van der Waals surface area contributed by atoms with E-state index in [0.717, 1.165) is 0 Å². The van der Waals surface area contributed by atoms with E-state index in [9.17, 15) is 4.79 Å². The Morgan fingerprint density at radius 1 is 1.50 bits per heavy atom. The van der Waals surface area contributed by atoms with Gasteiger partial charge in [0, 0.05) is 10.7 Å². The molecule has 0 atom stereocenters. The fourth-order valence-corrected chi connectivity index (χ4v) is 1.34. The zero-order valence-corrected chi connectivity index (χ0v) is 8.86. The van der Waals surface area contributed by atoms with Crippen LogP contribution in [0.2, 0.25) is 5.02 Å². The Kier molecular flexibility index (Phi) is 2.78. The van der Waals surface area contributed by atoms with Crippen LogP contribution in [-0.2, 0) is 0 Å². The molecule has 0 bridgehead atoms. The number of nitrogens with one attached hydrogen (secondary N) is 1. The third-order valence-electron chi connectivity index (χ3n) is 1.84. The normalized spacial score (nSPS) is 10.1. The first-order valence-corrected chi connectivity index (χ1v) is 4.81. The highest BCUT2D eigenvalue weighted by atomic mass is 35.5. The van der Waals surface area contributed by atoms with Gasteiger partial charge in [-0.2, -0.15) is 4.98 Å². The van der Waals surface area contributed by atoms with E-state index in [-0.39, 0.29) is 11.7 Å².